The maximum atomic E-state index is 8.75. The van der Waals surface area contributed by atoms with Gasteiger partial charge in [-0.1, -0.05) is 5.16 Å². The zero-order valence-corrected chi connectivity index (χ0v) is 11.8. The van der Waals surface area contributed by atoms with E-state index < -0.39 is 0 Å². The number of ether oxygens (including phenoxy) is 2. The number of methoxy groups -OCH3 is 1. The molecule has 1 N–H and O–H groups in total. The van der Waals surface area contributed by atoms with E-state index in [1.54, 1.807) is 7.11 Å². The molecule has 0 spiro atoms. The Morgan fingerprint density at radius 3 is 2.72 bits per heavy atom. The zero-order valence-electron chi connectivity index (χ0n) is 10.2. The van der Waals surface area contributed by atoms with Crippen molar-refractivity contribution in [3.8, 4) is 11.5 Å². The summed E-state index contributed by atoms with van der Waals surface area (Å²) in [6.07, 6.45) is 6.10. The van der Waals surface area contributed by atoms with Gasteiger partial charge in [-0.25, -0.2) is 0 Å². The Bertz CT molecular complexity index is 442. The highest BCUT2D eigenvalue weighted by Crippen LogP contribution is 2.37. The van der Waals surface area contributed by atoms with Crippen molar-refractivity contribution in [2.75, 3.05) is 7.11 Å². The summed E-state index contributed by atoms with van der Waals surface area (Å²) in [5.74, 6) is 1.29. The second-order valence-electron chi connectivity index (χ2n) is 4.26. The molecule has 1 aromatic rings. The van der Waals surface area contributed by atoms with Gasteiger partial charge >= 0.3 is 0 Å². The number of oxime groups is 1. The second kappa shape index (κ2) is 6.09. The Balaban J connectivity index is 2.36. The van der Waals surface area contributed by atoms with Crippen LogP contribution in [0.5, 0.6) is 11.5 Å². The number of halogens is 1. The molecule has 1 aliphatic rings. The molecule has 0 saturated heterocycles. The van der Waals surface area contributed by atoms with Crippen molar-refractivity contribution in [3.05, 3.63) is 22.2 Å². The lowest BCUT2D eigenvalue weighted by Crippen LogP contribution is -2.13. The van der Waals surface area contributed by atoms with Gasteiger partial charge in [-0.2, -0.15) is 0 Å². The van der Waals surface area contributed by atoms with Crippen molar-refractivity contribution in [3.63, 3.8) is 0 Å². The summed E-state index contributed by atoms with van der Waals surface area (Å²) in [6, 6.07) is 3.68. The average molecular weight is 314 g/mol. The first-order valence-corrected chi connectivity index (χ1v) is 6.76. The fourth-order valence-corrected chi connectivity index (χ4v) is 2.60. The summed E-state index contributed by atoms with van der Waals surface area (Å²) < 4.78 is 12.1. The molecule has 0 amide bonds. The lowest BCUT2D eigenvalue weighted by molar-refractivity contribution is 0.200. The van der Waals surface area contributed by atoms with Crippen LogP contribution in [0, 0.1) is 0 Å². The van der Waals surface area contributed by atoms with E-state index in [4.69, 9.17) is 14.7 Å². The van der Waals surface area contributed by atoms with Crippen LogP contribution in [0.4, 0.5) is 0 Å². The molecule has 98 valence electrons. The Morgan fingerprint density at radius 1 is 1.39 bits per heavy atom. The molecule has 0 unspecified atom stereocenters. The lowest BCUT2D eigenvalue weighted by atomic mass is 10.2. The lowest BCUT2D eigenvalue weighted by Gasteiger charge is -2.18. The van der Waals surface area contributed by atoms with Crippen LogP contribution in [0.15, 0.2) is 21.8 Å². The molecular formula is C13H16BrNO3. The minimum absolute atomic E-state index is 0.221. The molecule has 0 atom stereocenters. The molecule has 2 rings (SSSR count). The van der Waals surface area contributed by atoms with Crippen LogP contribution in [-0.2, 0) is 0 Å². The van der Waals surface area contributed by atoms with E-state index in [9.17, 15) is 0 Å². The molecular weight excluding hydrogens is 298 g/mol. The average Bonchev–Trinajstić information content (AvgIpc) is 2.87. The van der Waals surface area contributed by atoms with E-state index in [1.165, 1.54) is 19.1 Å². The maximum Gasteiger partial charge on any atom is 0.171 e. The van der Waals surface area contributed by atoms with Crippen LogP contribution >= 0.6 is 15.9 Å². The number of nitrogens with zero attached hydrogens (tertiary/aromatic N) is 1. The van der Waals surface area contributed by atoms with Gasteiger partial charge in [0.15, 0.2) is 11.5 Å². The molecule has 0 bridgehead atoms. The SMILES string of the molecule is COc1ccc(Br)c(/C=N/O)c1OC1CCCC1. The predicted octanol–water partition coefficient (Wildman–Crippen LogP) is 3.59. The minimum Gasteiger partial charge on any atom is -0.493 e. The van der Waals surface area contributed by atoms with Gasteiger partial charge < -0.3 is 14.7 Å². The van der Waals surface area contributed by atoms with E-state index in [-0.39, 0.29) is 6.10 Å². The quantitative estimate of drug-likeness (QED) is 0.525. The molecule has 1 saturated carbocycles. The molecule has 4 nitrogen and oxygen atoms in total. The van der Waals surface area contributed by atoms with Gasteiger partial charge in [-0.3, -0.25) is 0 Å². The summed E-state index contributed by atoms with van der Waals surface area (Å²) in [5, 5.41) is 11.8. The van der Waals surface area contributed by atoms with Gasteiger partial charge in [0.25, 0.3) is 0 Å². The third kappa shape index (κ3) is 2.77. The Morgan fingerprint density at radius 2 is 2.11 bits per heavy atom. The minimum atomic E-state index is 0.221. The van der Waals surface area contributed by atoms with E-state index >= 15 is 0 Å². The van der Waals surface area contributed by atoms with E-state index in [1.807, 2.05) is 12.1 Å². The number of hydrogen-bond acceptors (Lipinski definition) is 4. The molecule has 0 aromatic heterocycles. The largest absolute Gasteiger partial charge is 0.493 e. The highest BCUT2D eigenvalue weighted by molar-refractivity contribution is 9.10. The van der Waals surface area contributed by atoms with Crippen molar-refractivity contribution >= 4 is 22.1 Å². The molecule has 1 aliphatic carbocycles. The number of benzene rings is 1. The monoisotopic (exact) mass is 313 g/mol. The van der Waals surface area contributed by atoms with E-state index in [0.29, 0.717) is 17.1 Å². The smallest absolute Gasteiger partial charge is 0.171 e. The summed E-state index contributed by atoms with van der Waals surface area (Å²) in [6.45, 7) is 0. The first kappa shape index (κ1) is 13.2. The van der Waals surface area contributed by atoms with Crippen LogP contribution in [0.3, 0.4) is 0 Å². The molecule has 0 aliphatic heterocycles. The molecule has 0 heterocycles. The Hall–Kier alpha value is -1.23. The standard InChI is InChI=1S/C13H16BrNO3/c1-17-12-7-6-11(14)10(8-15-16)13(12)18-9-4-2-3-5-9/h6-9,16H,2-5H2,1H3/b15-8+. The van der Waals surface area contributed by atoms with Gasteiger partial charge in [0, 0.05) is 4.47 Å². The second-order valence-corrected chi connectivity index (χ2v) is 5.12. The van der Waals surface area contributed by atoms with Gasteiger partial charge in [0.05, 0.1) is 25.0 Å². The van der Waals surface area contributed by atoms with Crippen LogP contribution < -0.4 is 9.47 Å². The normalized spacial score (nSPS) is 16.3. The zero-order chi connectivity index (χ0) is 13.0. The fraction of sp³-hybridized carbons (Fsp3) is 0.462. The number of rotatable bonds is 4. The van der Waals surface area contributed by atoms with Gasteiger partial charge in [-0.15, -0.1) is 0 Å². The third-order valence-electron chi connectivity index (χ3n) is 3.10. The van der Waals surface area contributed by atoms with E-state index in [2.05, 4.69) is 21.1 Å². The Labute approximate surface area is 115 Å². The predicted molar refractivity (Wildman–Crippen MR) is 73.0 cm³/mol. The van der Waals surface area contributed by atoms with Crippen LogP contribution in [0.1, 0.15) is 31.2 Å². The van der Waals surface area contributed by atoms with Gasteiger partial charge in [0.2, 0.25) is 0 Å². The molecule has 5 heteroatoms. The van der Waals surface area contributed by atoms with E-state index in [0.717, 1.165) is 17.3 Å². The molecule has 18 heavy (non-hydrogen) atoms. The summed E-state index contributed by atoms with van der Waals surface area (Å²) in [4.78, 5) is 0. The summed E-state index contributed by atoms with van der Waals surface area (Å²) in [5.41, 5.74) is 0.698. The highest BCUT2D eigenvalue weighted by Gasteiger charge is 2.21. The summed E-state index contributed by atoms with van der Waals surface area (Å²) >= 11 is 3.42. The first-order valence-electron chi connectivity index (χ1n) is 5.97. The first-order chi connectivity index (χ1) is 8.76. The highest BCUT2D eigenvalue weighted by atomic mass is 79.9. The van der Waals surface area contributed by atoms with Crippen LogP contribution in [-0.4, -0.2) is 24.6 Å². The van der Waals surface area contributed by atoms with Crippen molar-refractivity contribution in [2.24, 2.45) is 5.16 Å². The maximum absolute atomic E-state index is 8.75. The molecule has 0 radical (unpaired) electrons. The third-order valence-corrected chi connectivity index (χ3v) is 3.79. The fourth-order valence-electron chi connectivity index (χ4n) is 2.19. The van der Waals surface area contributed by atoms with Crippen LogP contribution in [0.2, 0.25) is 0 Å². The van der Waals surface area contributed by atoms with Crippen molar-refractivity contribution < 1.29 is 14.7 Å². The van der Waals surface area contributed by atoms with Crippen LogP contribution in [0.25, 0.3) is 0 Å². The van der Waals surface area contributed by atoms with Crippen molar-refractivity contribution in [1.29, 1.82) is 0 Å². The molecule has 1 fully saturated rings. The van der Waals surface area contributed by atoms with Gasteiger partial charge in [-0.05, 0) is 53.7 Å². The van der Waals surface area contributed by atoms with Crippen molar-refractivity contribution in [2.45, 2.75) is 31.8 Å². The number of hydrogen-bond donors (Lipinski definition) is 1. The Kier molecular flexibility index (Phi) is 4.47. The topological polar surface area (TPSA) is 51.0 Å². The molecule has 1 aromatic carbocycles. The van der Waals surface area contributed by atoms with Gasteiger partial charge in [0.1, 0.15) is 0 Å². The van der Waals surface area contributed by atoms with Crippen molar-refractivity contribution in [1.82, 2.24) is 0 Å². The summed E-state index contributed by atoms with van der Waals surface area (Å²) in [7, 11) is 1.60.